The second-order valence-electron chi connectivity index (χ2n) is 5.16. The summed E-state index contributed by atoms with van der Waals surface area (Å²) < 4.78 is 0. The van der Waals surface area contributed by atoms with Crippen molar-refractivity contribution in [1.29, 1.82) is 0 Å². The molecule has 104 valence electrons. The van der Waals surface area contributed by atoms with Gasteiger partial charge in [-0.15, -0.1) is 0 Å². The average Bonchev–Trinajstić information content (AvgIpc) is 2.48. The van der Waals surface area contributed by atoms with E-state index in [4.69, 9.17) is 0 Å². The predicted molar refractivity (Wildman–Crippen MR) is 73.6 cm³/mol. The first kappa shape index (κ1) is 13.9. The maximum atomic E-state index is 12.2. The third kappa shape index (κ3) is 3.50. The van der Waals surface area contributed by atoms with Gasteiger partial charge in [0.2, 0.25) is 5.91 Å². The summed E-state index contributed by atoms with van der Waals surface area (Å²) in [5.41, 5.74) is 0.811. The lowest BCUT2D eigenvalue weighted by atomic mass is 9.74. The number of hydrogen-bond acceptors (Lipinski definition) is 4. The molecule has 0 atom stereocenters. The summed E-state index contributed by atoms with van der Waals surface area (Å²) in [5, 5.41) is 6.15. The number of piperidine rings is 1. The molecule has 2 rings (SSSR count). The molecule has 1 fully saturated rings. The molecule has 1 aliphatic heterocycles. The Morgan fingerprint density at radius 3 is 2.84 bits per heavy atom. The lowest BCUT2D eigenvalue weighted by Gasteiger charge is -2.36. The van der Waals surface area contributed by atoms with Gasteiger partial charge in [-0.2, -0.15) is 0 Å². The van der Waals surface area contributed by atoms with Crippen LogP contribution in [0.2, 0.25) is 0 Å². The minimum atomic E-state index is -0.192. The maximum Gasteiger partial charge on any atom is 0.226 e. The number of hydrogen-bond donors (Lipinski definition) is 2. The van der Waals surface area contributed by atoms with Crippen LogP contribution in [0.25, 0.3) is 0 Å². The Morgan fingerprint density at radius 2 is 2.21 bits per heavy atom. The van der Waals surface area contributed by atoms with Crippen molar-refractivity contribution in [2.75, 3.05) is 20.1 Å². The summed E-state index contributed by atoms with van der Waals surface area (Å²) in [7, 11) is 1.73. The molecule has 2 N–H and O–H groups in total. The Bertz CT molecular complexity index is 401. The fourth-order valence-corrected chi connectivity index (χ4v) is 2.83. The molecule has 1 aromatic heterocycles. The van der Waals surface area contributed by atoms with Crippen LogP contribution in [0, 0.1) is 5.41 Å². The van der Waals surface area contributed by atoms with Gasteiger partial charge in [-0.05, 0) is 45.2 Å². The Balaban J connectivity index is 1.91. The molecule has 0 aliphatic carbocycles. The van der Waals surface area contributed by atoms with Crippen LogP contribution in [0.15, 0.2) is 18.6 Å². The minimum absolute atomic E-state index is 0.188. The van der Waals surface area contributed by atoms with Gasteiger partial charge in [-0.25, -0.2) is 0 Å². The van der Waals surface area contributed by atoms with Crippen LogP contribution in [-0.4, -0.2) is 36.0 Å². The maximum absolute atomic E-state index is 12.2. The second-order valence-corrected chi connectivity index (χ2v) is 5.16. The molecule has 1 amide bonds. The van der Waals surface area contributed by atoms with Crippen molar-refractivity contribution < 1.29 is 4.79 Å². The summed E-state index contributed by atoms with van der Waals surface area (Å²) in [4.78, 5) is 20.5. The van der Waals surface area contributed by atoms with Gasteiger partial charge in [0.25, 0.3) is 0 Å². The summed E-state index contributed by atoms with van der Waals surface area (Å²) in [6.07, 6.45) is 9.84. The van der Waals surface area contributed by atoms with Gasteiger partial charge < -0.3 is 10.6 Å². The molecule has 0 bridgehead atoms. The van der Waals surface area contributed by atoms with Crippen LogP contribution in [0.5, 0.6) is 0 Å². The summed E-state index contributed by atoms with van der Waals surface area (Å²) in [5.74, 6) is 0.188. The number of nitrogens with one attached hydrogen (secondary N) is 2. The summed E-state index contributed by atoms with van der Waals surface area (Å²) in [6, 6.07) is 0. The molecule has 1 aliphatic rings. The minimum Gasteiger partial charge on any atom is -0.359 e. The number of carbonyl (C=O) groups excluding carboxylic acids is 1. The summed E-state index contributed by atoms with van der Waals surface area (Å²) in [6.45, 7) is 1.86. The third-order valence-electron chi connectivity index (χ3n) is 3.97. The van der Waals surface area contributed by atoms with E-state index in [2.05, 4.69) is 20.6 Å². The molecule has 0 spiro atoms. The number of amides is 1. The largest absolute Gasteiger partial charge is 0.359 e. The van der Waals surface area contributed by atoms with Crippen molar-refractivity contribution in [1.82, 2.24) is 20.6 Å². The van der Waals surface area contributed by atoms with Crippen molar-refractivity contribution in [3.63, 3.8) is 0 Å². The number of aromatic nitrogens is 2. The first-order chi connectivity index (χ1) is 9.27. The predicted octanol–water partition coefficient (Wildman–Crippen LogP) is 0.915. The van der Waals surface area contributed by atoms with E-state index in [9.17, 15) is 4.79 Å². The topological polar surface area (TPSA) is 66.9 Å². The lowest BCUT2D eigenvalue weighted by Crippen LogP contribution is -2.46. The van der Waals surface area contributed by atoms with Gasteiger partial charge in [0.05, 0.1) is 11.1 Å². The summed E-state index contributed by atoms with van der Waals surface area (Å²) >= 11 is 0. The van der Waals surface area contributed by atoms with Crippen molar-refractivity contribution in [2.24, 2.45) is 5.41 Å². The molecule has 0 aromatic carbocycles. The van der Waals surface area contributed by atoms with Gasteiger partial charge in [0.1, 0.15) is 0 Å². The molecule has 5 nitrogen and oxygen atoms in total. The van der Waals surface area contributed by atoms with E-state index in [0.29, 0.717) is 0 Å². The highest BCUT2D eigenvalue weighted by Gasteiger charge is 2.38. The molecule has 2 heterocycles. The van der Waals surface area contributed by atoms with Crippen LogP contribution in [0.3, 0.4) is 0 Å². The number of carbonyl (C=O) groups is 1. The van der Waals surface area contributed by atoms with E-state index in [1.807, 2.05) is 0 Å². The number of rotatable bonds is 5. The van der Waals surface area contributed by atoms with Crippen LogP contribution >= 0.6 is 0 Å². The molecule has 1 saturated heterocycles. The average molecular weight is 262 g/mol. The zero-order valence-electron chi connectivity index (χ0n) is 11.5. The number of aryl methyl sites for hydroxylation is 1. The van der Waals surface area contributed by atoms with Crippen LogP contribution in [0.4, 0.5) is 0 Å². The number of nitrogens with zero attached hydrogens (tertiary/aromatic N) is 2. The Labute approximate surface area is 114 Å². The standard InChI is InChI=1S/C14H22N4O/c1-15-13(19)14(5-7-16-8-6-14)4-2-3-12-11-17-9-10-18-12/h9-11,16H,2-8H2,1H3,(H,15,19). The highest BCUT2D eigenvalue weighted by atomic mass is 16.2. The SMILES string of the molecule is CNC(=O)C1(CCCc2cnccn2)CCNCC1. The van der Waals surface area contributed by atoms with Gasteiger partial charge in [0.15, 0.2) is 0 Å². The van der Waals surface area contributed by atoms with Crippen molar-refractivity contribution in [3.8, 4) is 0 Å². The van der Waals surface area contributed by atoms with Gasteiger partial charge >= 0.3 is 0 Å². The van der Waals surface area contributed by atoms with Gasteiger partial charge in [-0.3, -0.25) is 14.8 Å². The molecule has 5 heteroatoms. The van der Waals surface area contributed by atoms with Gasteiger partial charge in [-0.1, -0.05) is 0 Å². The van der Waals surface area contributed by atoms with E-state index in [-0.39, 0.29) is 11.3 Å². The zero-order valence-corrected chi connectivity index (χ0v) is 11.5. The first-order valence-corrected chi connectivity index (χ1v) is 6.95. The zero-order chi connectivity index (χ0) is 13.6. The van der Waals surface area contributed by atoms with E-state index in [1.54, 1.807) is 25.6 Å². The molecule has 19 heavy (non-hydrogen) atoms. The molecule has 0 unspecified atom stereocenters. The van der Waals surface area contributed by atoms with Crippen molar-refractivity contribution in [3.05, 3.63) is 24.3 Å². The Morgan fingerprint density at radius 1 is 1.42 bits per heavy atom. The van der Waals surface area contributed by atoms with Crippen molar-refractivity contribution in [2.45, 2.75) is 32.1 Å². The quantitative estimate of drug-likeness (QED) is 0.828. The highest BCUT2D eigenvalue weighted by Crippen LogP contribution is 2.34. The lowest BCUT2D eigenvalue weighted by molar-refractivity contribution is -0.132. The fraction of sp³-hybridized carbons (Fsp3) is 0.643. The molecular formula is C14H22N4O. The third-order valence-corrected chi connectivity index (χ3v) is 3.97. The van der Waals surface area contributed by atoms with E-state index >= 15 is 0 Å². The normalized spacial score (nSPS) is 17.9. The molecular weight excluding hydrogens is 240 g/mol. The Hall–Kier alpha value is -1.49. The second kappa shape index (κ2) is 6.61. The van der Waals surface area contributed by atoms with Crippen LogP contribution < -0.4 is 10.6 Å². The smallest absolute Gasteiger partial charge is 0.226 e. The van der Waals surface area contributed by atoms with E-state index in [1.165, 1.54) is 0 Å². The first-order valence-electron chi connectivity index (χ1n) is 6.95. The van der Waals surface area contributed by atoms with E-state index in [0.717, 1.165) is 50.9 Å². The van der Waals surface area contributed by atoms with E-state index < -0.39 is 0 Å². The highest BCUT2D eigenvalue weighted by molar-refractivity contribution is 5.82. The molecule has 1 aromatic rings. The monoisotopic (exact) mass is 262 g/mol. The van der Waals surface area contributed by atoms with Crippen LogP contribution in [-0.2, 0) is 11.2 Å². The van der Waals surface area contributed by atoms with Gasteiger partial charge in [0, 0.05) is 25.6 Å². The Kier molecular flexibility index (Phi) is 4.85. The molecule has 0 saturated carbocycles. The fourth-order valence-electron chi connectivity index (χ4n) is 2.83. The van der Waals surface area contributed by atoms with Crippen LogP contribution in [0.1, 0.15) is 31.4 Å². The molecule has 0 radical (unpaired) electrons. The van der Waals surface area contributed by atoms with Crippen molar-refractivity contribution >= 4 is 5.91 Å².